The SMILES string of the molecule is CCC(=O)N(CC[C@@H](c1ccc(F)cc1)c1ccco1)Cc1ccc(OC)c(OC)c1. The molecule has 0 aliphatic heterocycles. The Morgan fingerprint density at radius 3 is 2.42 bits per heavy atom. The second-order valence-corrected chi connectivity index (χ2v) is 7.27. The number of nitrogens with zero attached hydrogens (tertiary/aromatic N) is 1. The zero-order valence-electron chi connectivity index (χ0n) is 18.1. The number of carbonyl (C=O) groups is 1. The van der Waals surface area contributed by atoms with E-state index in [1.54, 1.807) is 32.6 Å². The third kappa shape index (κ3) is 5.66. The predicted molar refractivity (Wildman–Crippen MR) is 117 cm³/mol. The number of ether oxygens (including phenoxy) is 2. The summed E-state index contributed by atoms with van der Waals surface area (Å²) in [5, 5.41) is 0. The highest BCUT2D eigenvalue weighted by atomic mass is 19.1. The summed E-state index contributed by atoms with van der Waals surface area (Å²) in [6.07, 6.45) is 2.69. The van der Waals surface area contributed by atoms with Crippen LogP contribution in [0, 0.1) is 5.82 Å². The number of furan rings is 1. The quantitative estimate of drug-likeness (QED) is 0.437. The van der Waals surface area contributed by atoms with Gasteiger partial charge in [0.15, 0.2) is 11.5 Å². The standard InChI is InChI=1S/C25H28FNO4/c1-4-25(28)27(17-18-7-12-23(29-2)24(16-18)30-3)14-13-21(22-6-5-15-31-22)19-8-10-20(26)11-9-19/h5-12,15-16,21H,4,13-14,17H2,1-3H3/t21-/m0/s1. The zero-order valence-corrected chi connectivity index (χ0v) is 18.1. The first-order chi connectivity index (χ1) is 15.0. The third-order valence-electron chi connectivity index (χ3n) is 5.32. The summed E-state index contributed by atoms with van der Waals surface area (Å²) in [7, 11) is 3.18. The fourth-order valence-corrected chi connectivity index (χ4v) is 3.66. The van der Waals surface area contributed by atoms with E-state index < -0.39 is 0 Å². The van der Waals surface area contributed by atoms with Crippen LogP contribution in [-0.4, -0.2) is 31.6 Å². The molecule has 164 valence electrons. The fourth-order valence-electron chi connectivity index (χ4n) is 3.66. The molecule has 0 aliphatic carbocycles. The first-order valence-corrected chi connectivity index (χ1v) is 10.3. The summed E-state index contributed by atoms with van der Waals surface area (Å²) in [6, 6.07) is 15.8. The van der Waals surface area contributed by atoms with Gasteiger partial charge in [-0.2, -0.15) is 0 Å². The molecule has 0 unspecified atom stereocenters. The molecule has 1 aromatic heterocycles. The Morgan fingerprint density at radius 2 is 1.81 bits per heavy atom. The molecule has 2 aromatic carbocycles. The molecule has 1 amide bonds. The summed E-state index contributed by atoms with van der Waals surface area (Å²) in [5.74, 6) is 1.78. The molecule has 0 aliphatic rings. The average Bonchev–Trinajstić information content (AvgIpc) is 3.33. The largest absolute Gasteiger partial charge is 0.493 e. The average molecular weight is 426 g/mol. The van der Waals surface area contributed by atoms with Gasteiger partial charge in [0.1, 0.15) is 11.6 Å². The van der Waals surface area contributed by atoms with Crippen LogP contribution in [0.15, 0.2) is 65.3 Å². The molecule has 3 aromatic rings. The minimum atomic E-state index is -0.279. The normalized spacial score (nSPS) is 11.7. The van der Waals surface area contributed by atoms with Gasteiger partial charge in [0.05, 0.1) is 20.5 Å². The first-order valence-electron chi connectivity index (χ1n) is 10.3. The molecule has 31 heavy (non-hydrogen) atoms. The van der Waals surface area contributed by atoms with Crippen molar-refractivity contribution in [3.8, 4) is 11.5 Å². The lowest BCUT2D eigenvalue weighted by atomic mass is 9.93. The van der Waals surface area contributed by atoms with Crippen molar-refractivity contribution in [1.29, 1.82) is 0 Å². The van der Waals surface area contributed by atoms with E-state index in [0.717, 1.165) is 16.9 Å². The van der Waals surface area contributed by atoms with E-state index in [4.69, 9.17) is 13.9 Å². The van der Waals surface area contributed by atoms with E-state index in [9.17, 15) is 9.18 Å². The Balaban J connectivity index is 1.79. The number of methoxy groups -OCH3 is 2. The Labute approximate surface area is 182 Å². The van der Waals surface area contributed by atoms with Crippen molar-refractivity contribution in [2.75, 3.05) is 20.8 Å². The number of halogens is 1. The molecule has 3 rings (SSSR count). The minimum absolute atomic E-state index is 0.0621. The second kappa shape index (κ2) is 10.7. The van der Waals surface area contributed by atoms with Crippen molar-refractivity contribution < 1.29 is 23.1 Å². The molecule has 5 nitrogen and oxygen atoms in total. The van der Waals surface area contributed by atoms with Crippen LogP contribution >= 0.6 is 0 Å². The van der Waals surface area contributed by atoms with Crippen molar-refractivity contribution in [2.45, 2.75) is 32.2 Å². The fraction of sp³-hybridized carbons (Fsp3) is 0.320. The van der Waals surface area contributed by atoms with Crippen molar-refractivity contribution >= 4 is 5.91 Å². The summed E-state index contributed by atoms with van der Waals surface area (Å²) in [6.45, 7) is 2.85. The van der Waals surface area contributed by atoms with Crippen molar-refractivity contribution in [3.63, 3.8) is 0 Å². The number of carbonyl (C=O) groups excluding carboxylic acids is 1. The van der Waals surface area contributed by atoms with Crippen LogP contribution in [0.25, 0.3) is 0 Å². The highest BCUT2D eigenvalue weighted by Gasteiger charge is 2.21. The number of hydrogen-bond donors (Lipinski definition) is 0. The molecule has 0 bridgehead atoms. The van der Waals surface area contributed by atoms with Crippen molar-refractivity contribution in [2.24, 2.45) is 0 Å². The number of rotatable bonds is 10. The predicted octanol–water partition coefficient (Wildman–Crippen LogP) is 5.40. The molecular weight excluding hydrogens is 397 g/mol. The number of amides is 1. The van der Waals surface area contributed by atoms with E-state index in [2.05, 4.69) is 0 Å². The number of hydrogen-bond acceptors (Lipinski definition) is 4. The van der Waals surface area contributed by atoms with Gasteiger partial charge < -0.3 is 18.8 Å². The van der Waals surface area contributed by atoms with Gasteiger partial charge in [0, 0.05) is 25.4 Å². The van der Waals surface area contributed by atoms with E-state index >= 15 is 0 Å². The highest BCUT2D eigenvalue weighted by molar-refractivity contribution is 5.75. The maximum Gasteiger partial charge on any atom is 0.222 e. The van der Waals surface area contributed by atoms with Gasteiger partial charge in [0.25, 0.3) is 0 Å². The smallest absolute Gasteiger partial charge is 0.222 e. The van der Waals surface area contributed by atoms with Gasteiger partial charge >= 0.3 is 0 Å². The molecule has 0 fully saturated rings. The summed E-state index contributed by atoms with van der Waals surface area (Å²) in [5.41, 5.74) is 1.90. The summed E-state index contributed by atoms with van der Waals surface area (Å²) < 4.78 is 29.8. The Morgan fingerprint density at radius 1 is 1.06 bits per heavy atom. The van der Waals surface area contributed by atoms with Crippen LogP contribution < -0.4 is 9.47 Å². The topological polar surface area (TPSA) is 51.9 Å². The van der Waals surface area contributed by atoms with Gasteiger partial charge in [-0.3, -0.25) is 4.79 Å². The lowest BCUT2D eigenvalue weighted by Crippen LogP contribution is -2.31. The van der Waals surface area contributed by atoms with Gasteiger partial charge in [-0.05, 0) is 53.9 Å². The van der Waals surface area contributed by atoms with E-state index in [0.29, 0.717) is 37.4 Å². The summed E-state index contributed by atoms with van der Waals surface area (Å²) in [4.78, 5) is 14.5. The van der Waals surface area contributed by atoms with Crippen LogP contribution in [0.3, 0.4) is 0 Å². The lowest BCUT2D eigenvalue weighted by Gasteiger charge is -2.25. The molecule has 0 saturated heterocycles. The summed E-state index contributed by atoms with van der Waals surface area (Å²) >= 11 is 0. The minimum Gasteiger partial charge on any atom is -0.493 e. The maximum absolute atomic E-state index is 13.4. The molecule has 1 atom stereocenters. The molecule has 0 spiro atoms. The Bertz CT molecular complexity index is 970. The van der Waals surface area contributed by atoms with Crippen LogP contribution in [0.4, 0.5) is 4.39 Å². The van der Waals surface area contributed by atoms with Gasteiger partial charge in [0.2, 0.25) is 5.91 Å². The monoisotopic (exact) mass is 425 g/mol. The zero-order chi connectivity index (χ0) is 22.2. The van der Waals surface area contributed by atoms with Crippen LogP contribution in [0.1, 0.15) is 42.6 Å². The van der Waals surface area contributed by atoms with E-state index in [-0.39, 0.29) is 17.6 Å². The van der Waals surface area contributed by atoms with Crippen LogP contribution in [0.5, 0.6) is 11.5 Å². The van der Waals surface area contributed by atoms with Crippen molar-refractivity contribution in [1.82, 2.24) is 4.90 Å². The highest BCUT2D eigenvalue weighted by Crippen LogP contribution is 2.31. The molecular formula is C25H28FNO4. The Hall–Kier alpha value is -3.28. The molecule has 6 heteroatoms. The van der Waals surface area contributed by atoms with Gasteiger partial charge in [-0.25, -0.2) is 4.39 Å². The van der Waals surface area contributed by atoms with Crippen LogP contribution in [-0.2, 0) is 11.3 Å². The maximum atomic E-state index is 13.4. The first kappa shape index (κ1) is 22.4. The van der Waals surface area contributed by atoms with Gasteiger partial charge in [-0.1, -0.05) is 25.1 Å². The molecule has 0 N–H and O–H groups in total. The van der Waals surface area contributed by atoms with Gasteiger partial charge in [-0.15, -0.1) is 0 Å². The van der Waals surface area contributed by atoms with Crippen LogP contribution in [0.2, 0.25) is 0 Å². The third-order valence-corrected chi connectivity index (χ3v) is 5.32. The molecule has 1 heterocycles. The van der Waals surface area contributed by atoms with E-state index in [1.807, 2.05) is 42.2 Å². The molecule has 0 saturated carbocycles. The second-order valence-electron chi connectivity index (χ2n) is 7.27. The van der Waals surface area contributed by atoms with Crippen molar-refractivity contribution in [3.05, 3.63) is 83.6 Å². The Kier molecular flexibility index (Phi) is 7.70. The molecule has 0 radical (unpaired) electrons. The lowest BCUT2D eigenvalue weighted by molar-refractivity contribution is -0.131. The van der Waals surface area contributed by atoms with E-state index in [1.165, 1.54) is 12.1 Å². The number of benzene rings is 2.